The Hall–Kier alpha value is -14.6. The molecule has 14 heteroatoms. The smallest absolute Gasteiger partial charge is 0.294 e. The zero-order valence-corrected chi connectivity index (χ0v) is 73.2. The molecule has 13 nitrogen and oxygen atoms in total. The van der Waals surface area contributed by atoms with Crippen LogP contribution in [0.1, 0.15) is 121 Å². The van der Waals surface area contributed by atoms with Crippen molar-refractivity contribution in [1.82, 2.24) is 33.9 Å². The number of hydrogen-bond donors (Lipinski definition) is 0. The number of hydrogen-bond acceptors (Lipinski definition) is 6. The summed E-state index contributed by atoms with van der Waals surface area (Å²) in [6, 6.07) is 91.6. The Kier molecular flexibility index (Phi) is 20.2. The zero-order valence-electron chi connectivity index (χ0n) is 78.8. The van der Waals surface area contributed by atoms with Gasteiger partial charge in [-0.15, -0.1) is 52.7 Å². The van der Waals surface area contributed by atoms with Crippen LogP contribution in [0.4, 0.5) is 5.69 Å². The molecule has 8 aliphatic heterocycles. The van der Waals surface area contributed by atoms with E-state index in [9.17, 15) is 0 Å². The number of aromatic nitrogens is 10. The van der Waals surface area contributed by atoms with Crippen molar-refractivity contribution >= 4 is 54.6 Å². The Balaban J connectivity index is 0.000000101. The zero-order chi connectivity index (χ0) is 91.6. The summed E-state index contributed by atoms with van der Waals surface area (Å²) >= 11 is 0. The van der Waals surface area contributed by atoms with E-state index in [1.165, 1.54) is 121 Å². The standard InChI is InChI=1S/C22H25N2.C20H15N2.C18H16N3.C15H10NO.C14H12N2.C12H10N.C11H8N.Ir/c1-15(2)18-10-7-11-19(16(3)4)21(18)24-13-12-23-14-17-8-5-6-9-20(17)22(23)24;1-3-9-17-15(6-1)8-5-11-19(17)22-13-12-21-14-16-7-2-4-10-18(16)20(21)22;1-11(2)21-19-17-15-8-4-3-7-13(15)14-9-5-6-12-10-20(21)18(17)16(12)14;1-11-13(14-7-4-5-9-16-14)10-12-6-2-3-8-15(12)17-11;1-2-7-13-11(5-1)9-14-15-8-4-3-6-12(15)10-16(13)14;1-2-6-11-10(5-1)9-13-8-4-3-7-12(11)13;1-2-6-10(7-3-1)11-8-4-5-9-12-11;/h5-13,15-16H,14H2,1-4H3;1-13H,14H2;3-9,11H,10H2,1-2H3;2-9H,1H2;1-8,10,14H,9H2;1-8H,9H2;1-6,8-9H;/q3*+1;-1;;+1;-1;/i;;;;;1D,2D,3D,4D,5D,6D,7D,8D;;. The first kappa shape index (κ1) is 72.0. The first-order valence-corrected chi connectivity index (χ1v) is 42.7. The van der Waals surface area contributed by atoms with E-state index in [0.717, 1.165) is 65.4 Å². The van der Waals surface area contributed by atoms with Crippen LogP contribution in [-0.4, -0.2) is 40.1 Å². The fourth-order valence-corrected chi connectivity index (χ4v) is 18.2. The van der Waals surface area contributed by atoms with Gasteiger partial charge in [-0.25, -0.2) is 9.13 Å². The van der Waals surface area contributed by atoms with E-state index in [1.54, 1.807) is 12.4 Å². The predicted molar refractivity (Wildman–Crippen MR) is 502 cm³/mol. The summed E-state index contributed by atoms with van der Waals surface area (Å²) in [5.41, 5.74) is 24.0. The Morgan fingerprint density at radius 3 is 1.85 bits per heavy atom. The number of anilines is 1. The second kappa shape index (κ2) is 35.3. The van der Waals surface area contributed by atoms with Gasteiger partial charge in [-0.05, 0) is 125 Å². The normalized spacial score (nSPS) is 14.8. The molecule has 6 aromatic heterocycles. The number of allylic oxidation sites excluding steroid dienone is 4. The molecule has 0 spiro atoms. The minimum absolute atomic E-state index is 0. The van der Waals surface area contributed by atoms with Gasteiger partial charge in [0, 0.05) is 129 Å². The number of pyridine rings is 3. The third kappa shape index (κ3) is 15.5. The predicted octanol–water partition coefficient (Wildman–Crippen LogP) is 22.9. The monoisotopic (exact) mass is 1830 g/mol. The van der Waals surface area contributed by atoms with Crippen LogP contribution >= 0.6 is 0 Å². The van der Waals surface area contributed by atoms with Gasteiger partial charge in [0.25, 0.3) is 17.2 Å². The maximum Gasteiger partial charge on any atom is 0.294 e. The van der Waals surface area contributed by atoms with Crippen LogP contribution in [0.25, 0.3) is 106 Å². The van der Waals surface area contributed by atoms with Gasteiger partial charge < -0.3 is 19.5 Å². The summed E-state index contributed by atoms with van der Waals surface area (Å²) in [6.45, 7) is 20.3. The summed E-state index contributed by atoms with van der Waals surface area (Å²) in [7, 11) is 0. The molecule has 126 heavy (non-hydrogen) atoms. The number of ether oxygens (including phenoxy) is 1. The molecule has 617 valence electrons. The number of imidazole rings is 2. The van der Waals surface area contributed by atoms with Crippen molar-refractivity contribution in [2.24, 2.45) is 0 Å². The molecule has 0 saturated carbocycles. The van der Waals surface area contributed by atoms with Gasteiger partial charge in [-0.2, -0.15) is 13.7 Å². The van der Waals surface area contributed by atoms with E-state index >= 15 is 0 Å². The molecule has 8 aliphatic rings. The Morgan fingerprint density at radius 1 is 0.508 bits per heavy atom. The van der Waals surface area contributed by atoms with Crippen LogP contribution in [0, 0.1) is 12.1 Å². The van der Waals surface area contributed by atoms with Gasteiger partial charge in [-0.3, -0.25) is 4.98 Å². The van der Waals surface area contributed by atoms with E-state index in [1.807, 2.05) is 84.9 Å². The van der Waals surface area contributed by atoms with Crippen molar-refractivity contribution in [3.63, 3.8) is 0 Å². The van der Waals surface area contributed by atoms with E-state index in [4.69, 9.17) is 20.8 Å². The third-order valence-electron chi connectivity index (χ3n) is 23.9. The van der Waals surface area contributed by atoms with Crippen LogP contribution < -0.4 is 28.0 Å². The van der Waals surface area contributed by atoms with Crippen LogP contribution in [0.2, 0.25) is 0 Å². The van der Waals surface area contributed by atoms with Gasteiger partial charge in [0.15, 0.2) is 12.7 Å². The van der Waals surface area contributed by atoms with Gasteiger partial charge >= 0.3 is 0 Å². The average Bonchev–Trinajstić information content (AvgIpc) is 1.54. The molecule has 0 fully saturated rings. The van der Waals surface area contributed by atoms with Crippen molar-refractivity contribution in [1.29, 1.82) is 0 Å². The number of para-hydroxylation sites is 3. The molecular formula is C112H96IrN12O+2. The molecule has 18 aromatic rings. The maximum atomic E-state index is 7.98. The molecule has 0 N–H and O–H groups in total. The van der Waals surface area contributed by atoms with E-state index in [2.05, 4.69) is 339 Å². The number of benzene rings is 12. The van der Waals surface area contributed by atoms with E-state index < -0.39 is 12.1 Å². The second-order valence-electron chi connectivity index (χ2n) is 32.7. The van der Waals surface area contributed by atoms with Crippen molar-refractivity contribution in [3.05, 3.63) is 458 Å². The molecule has 0 bridgehead atoms. The molecule has 1 atom stereocenters. The van der Waals surface area contributed by atoms with Crippen LogP contribution in [-0.2, 0) is 52.7 Å². The number of rotatable bonds is 7. The fourth-order valence-electron chi connectivity index (χ4n) is 18.2. The summed E-state index contributed by atoms with van der Waals surface area (Å²) < 4.78 is 81.3. The van der Waals surface area contributed by atoms with Gasteiger partial charge in [0.2, 0.25) is 11.2 Å². The second-order valence-corrected chi connectivity index (χ2v) is 32.7. The Bertz CT molecular complexity index is 7660. The molecule has 26 rings (SSSR count). The van der Waals surface area contributed by atoms with Crippen LogP contribution in [0.5, 0.6) is 5.75 Å². The fraction of sp³-hybridized carbons (Fsp3) is 0.134. The number of fused-ring (bicyclic) bond motifs is 19. The molecule has 14 heterocycles. The topological polar surface area (TPSA) is 84.7 Å². The first-order valence-electron chi connectivity index (χ1n) is 46.7. The molecule has 12 aromatic carbocycles. The molecule has 0 aliphatic carbocycles. The van der Waals surface area contributed by atoms with Gasteiger partial charge in [-0.1, -0.05) is 258 Å². The molecule has 1 radical (unpaired) electrons. The SMILES string of the molecule is C1=CC2=CN3c4ccccc4CC3N2C=C1.C=C1Oc2ccccc2[C-]=C1c1ccccn1.CC(C)c1cccc(C(C)C)c1-n1cc[n+]2c1-c1ccccc1C2.CC(C)n1nc2c3ccccc3c3cccc4c3c2[n+]1C4.[2H]c1c([2H])c([2H])c2c(c1[2H])C[n+]1c([2H])c([2H])c([2H])c([2H])c1-2.[Ir].[c-]1ccccc1-c1ccccn1.c1ccc2c(c1)C[n+]1ccn(-c3cccc4ccccc34)c1-2. The molecule has 0 saturated heterocycles. The van der Waals surface area contributed by atoms with E-state index in [-0.39, 0.29) is 74.3 Å². The summed E-state index contributed by atoms with van der Waals surface area (Å²) in [4.78, 5) is 15.4. The summed E-state index contributed by atoms with van der Waals surface area (Å²) in [5, 5.41) is 12.8. The van der Waals surface area contributed by atoms with E-state index in [0.29, 0.717) is 35.4 Å². The third-order valence-corrected chi connectivity index (χ3v) is 23.9. The van der Waals surface area contributed by atoms with Gasteiger partial charge in [0.1, 0.15) is 69.4 Å². The van der Waals surface area contributed by atoms with Crippen molar-refractivity contribution in [2.45, 2.75) is 98.2 Å². The maximum absolute atomic E-state index is 7.98. The van der Waals surface area contributed by atoms with Crippen molar-refractivity contribution in [3.8, 4) is 62.4 Å². The minimum Gasteiger partial charge on any atom is -0.527 e. The molecule has 0 amide bonds. The average molecular weight is 1830 g/mol. The van der Waals surface area contributed by atoms with Crippen molar-refractivity contribution in [2.75, 3.05) is 4.90 Å². The molecule has 1 unspecified atom stereocenters. The Labute approximate surface area is 760 Å². The quantitative estimate of drug-likeness (QED) is 0.0898. The van der Waals surface area contributed by atoms with Crippen molar-refractivity contribution < 1.29 is 54.2 Å². The molecular weight excluding hydrogens is 1720 g/mol. The van der Waals surface area contributed by atoms with Gasteiger partial charge in [0.05, 0.1) is 43.5 Å². The largest absolute Gasteiger partial charge is 0.527 e. The Morgan fingerprint density at radius 2 is 1.11 bits per heavy atom. The summed E-state index contributed by atoms with van der Waals surface area (Å²) in [5.74, 6) is 4.95. The summed E-state index contributed by atoms with van der Waals surface area (Å²) in [6.07, 6.45) is 27.7. The van der Waals surface area contributed by atoms with Crippen LogP contribution in [0.15, 0.2) is 395 Å². The first-order chi connectivity index (χ1) is 64.8. The van der Waals surface area contributed by atoms with Crippen LogP contribution in [0.3, 0.4) is 0 Å². The number of nitrogens with zero attached hydrogens (tertiary/aromatic N) is 12. The minimum atomic E-state index is -0.411.